The summed E-state index contributed by atoms with van der Waals surface area (Å²) in [7, 11) is 1.61. The van der Waals surface area contributed by atoms with Gasteiger partial charge in [0.25, 0.3) is 5.91 Å². The minimum Gasteiger partial charge on any atom is -0.497 e. The number of carbonyl (C=O) groups is 2. The number of hydrogen-bond acceptors (Lipinski definition) is 4. The summed E-state index contributed by atoms with van der Waals surface area (Å²) in [4.78, 5) is 28.5. The zero-order chi connectivity index (χ0) is 22.9. The average molecular weight is 453 g/mol. The number of fused-ring (bicyclic) bond motifs is 1. The van der Waals surface area contributed by atoms with E-state index in [2.05, 4.69) is 10.4 Å². The topological polar surface area (TPSA) is 76.5 Å². The fraction of sp³-hybridized carbons (Fsp3) is 0.292. The van der Waals surface area contributed by atoms with Crippen molar-refractivity contribution in [1.82, 2.24) is 20.0 Å². The largest absolute Gasteiger partial charge is 0.497 e. The lowest BCUT2D eigenvalue weighted by Crippen LogP contribution is -2.63. The molecule has 7 nitrogen and oxygen atoms in total. The molecular weight excluding hydrogens is 428 g/mol. The normalized spacial score (nSPS) is 17.8. The molecule has 0 fully saturated rings. The Morgan fingerprint density at radius 2 is 1.81 bits per heavy atom. The van der Waals surface area contributed by atoms with Crippen molar-refractivity contribution in [3.8, 4) is 5.75 Å². The van der Waals surface area contributed by atoms with Gasteiger partial charge in [0.05, 0.1) is 19.3 Å². The maximum absolute atomic E-state index is 13.4. The number of ether oxygens (including phenoxy) is 1. The Bertz CT molecular complexity index is 1140. The Morgan fingerprint density at radius 1 is 1.16 bits per heavy atom. The van der Waals surface area contributed by atoms with Crippen LogP contribution in [0, 0.1) is 6.92 Å². The van der Waals surface area contributed by atoms with Gasteiger partial charge in [-0.2, -0.15) is 5.10 Å². The molecule has 3 aromatic rings. The molecule has 166 valence electrons. The molecule has 8 heteroatoms. The van der Waals surface area contributed by atoms with Crippen molar-refractivity contribution in [3.63, 3.8) is 0 Å². The Labute approximate surface area is 191 Å². The summed E-state index contributed by atoms with van der Waals surface area (Å²) in [6.07, 6.45) is 0. The van der Waals surface area contributed by atoms with E-state index in [-0.39, 0.29) is 24.9 Å². The number of halogens is 1. The van der Waals surface area contributed by atoms with Crippen LogP contribution in [0.3, 0.4) is 0 Å². The lowest BCUT2D eigenvalue weighted by molar-refractivity contribution is -0.133. The highest BCUT2D eigenvalue weighted by Gasteiger charge is 2.47. The molecule has 0 aliphatic carbocycles. The van der Waals surface area contributed by atoms with E-state index < -0.39 is 5.54 Å². The van der Waals surface area contributed by atoms with Crippen LogP contribution in [0.2, 0.25) is 5.02 Å². The van der Waals surface area contributed by atoms with E-state index in [0.29, 0.717) is 17.3 Å². The fourth-order valence-electron chi connectivity index (χ4n) is 3.91. The molecular formula is C24H25ClN4O3. The number of carbonyl (C=O) groups excluding carboxylic acids is 2. The number of methoxy groups -OCH3 is 1. The Hall–Kier alpha value is -3.32. The number of benzene rings is 2. The quantitative estimate of drug-likeness (QED) is 0.620. The summed E-state index contributed by atoms with van der Waals surface area (Å²) in [6.45, 7) is 4.51. The SMILES string of the molecule is COc1ccc(CNC(=O)[C@]2(C)Cn3nc(C)cc3C(=O)N2Cc2ccc(Cl)cc2)cc1. The molecule has 0 bridgehead atoms. The first-order valence-electron chi connectivity index (χ1n) is 10.3. The van der Waals surface area contributed by atoms with Crippen molar-refractivity contribution in [3.05, 3.63) is 82.1 Å². The van der Waals surface area contributed by atoms with Crippen LogP contribution < -0.4 is 10.1 Å². The average Bonchev–Trinajstić information content (AvgIpc) is 3.16. The van der Waals surface area contributed by atoms with Crippen LogP contribution in [0.5, 0.6) is 5.75 Å². The molecule has 1 N–H and O–H groups in total. The van der Waals surface area contributed by atoms with Crippen molar-refractivity contribution in [2.75, 3.05) is 7.11 Å². The Kier molecular flexibility index (Phi) is 5.93. The molecule has 0 saturated heterocycles. The summed E-state index contributed by atoms with van der Waals surface area (Å²) >= 11 is 6.01. The maximum Gasteiger partial charge on any atom is 0.273 e. The summed E-state index contributed by atoms with van der Waals surface area (Å²) in [6, 6.07) is 16.5. The van der Waals surface area contributed by atoms with Gasteiger partial charge in [-0.05, 0) is 55.3 Å². The lowest BCUT2D eigenvalue weighted by atomic mass is 9.94. The second-order valence-corrected chi connectivity index (χ2v) is 8.59. The molecule has 0 spiro atoms. The van der Waals surface area contributed by atoms with Gasteiger partial charge in [-0.3, -0.25) is 14.3 Å². The zero-order valence-corrected chi connectivity index (χ0v) is 19.0. The molecule has 1 atom stereocenters. The van der Waals surface area contributed by atoms with Gasteiger partial charge >= 0.3 is 0 Å². The molecule has 4 rings (SSSR count). The van der Waals surface area contributed by atoms with Crippen molar-refractivity contribution in [2.45, 2.75) is 39.0 Å². The number of rotatable bonds is 6. The van der Waals surface area contributed by atoms with E-state index >= 15 is 0 Å². The summed E-state index contributed by atoms with van der Waals surface area (Å²) in [5, 5.41) is 8.04. The van der Waals surface area contributed by atoms with Crippen LogP contribution in [0.4, 0.5) is 0 Å². The van der Waals surface area contributed by atoms with E-state index in [1.54, 1.807) is 41.8 Å². The highest BCUT2D eigenvalue weighted by Crippen LogP contribution is 2.29. The third kappa shape index (κ3) is 4.21. The van der Waals surface area contributed by atoms with Gasteiger partial charge < -0.3 is 15.0 Å². The number of nitrogens with one attached hydrogen (secondary N) is 1. The smallest absolute Gasteiger partial charge is 0.273 e. The van der Waals surface area contributed by atoms with Crippen LogP contribution >= 0.6 is 11.6 Å². The number of amides is 2. The van der Waals surface area contributed by atoms with E-state index in [9.17, 15) is 9.59 Å². The molecule has 2 aromatic carbocycles. The summed E-state index contributed by atoms with van der Waals surface area (Å²) in [5.41, 5.74) is 1.93. The van der Waals surface area contributed by atoms with Gasteiger partial charge in [0.2, 0.25) is 5.91 Å². The van der Waals surface area contributed by atoms with Gasteiger partial charge in [-0.15, -0.1) is 0 Å². The fourth-order valence-corrected chi connectivity index (χ4v) is 4.03. The van der Waals surface area contributed by atoms with Crippen molar-refractivity contribution < 1.29 is 14.3 Å². The van der Waals surface area contributed by atoms with Gasteiger partial charge in [0.1, 0.15) is 17.0 Å². The number of aryl methyl sites for hydroxylation is 1. The first-order chi connectivity index (χ1) is 15.3. The van der Waals surface area contributed by atoms with E-state index in [4.69, 9.17) is 16.3 Å². The predicted octanol–water partition coefficient (Wildman–Crippen LogP) is 3.58. The van der Waals surface area contributed by atoms with E-state index in [1.165, 1.54) is 0 Å². The Morgan fingerprint density at radius 3 is 2.47 bits per heavy atom. The van der Waals surface area contributed by atoms with Gasteiger partial charge in [-0.25, -0.2) is 0 Å². The van der Waals surface area contributed by atoms with E-state index in [1.807, 2.05) is 43.3 Å². The van der Waals surface area contributed by atoms with Crippen molar-refractivity contribution in [2.24, 2.45) is 0 Å². The van der Waals surface area contributed by atoms with Crippen LogP contribution in [0.25, 0.3) is 0 Å². The van der Waals surface area contributed by atoms with Gasteiger partial charge in [0.15, 0.2) is 0 Å². The molecule has 1 aromatic heterocycles. The standard InChI is InChI=1S/C24H25ClN4O3/c1-16-12-21-22(30)28(14-18-4-8-19(25)9-5-18)24(2,15-29(21)27-16)23(31)26-13-17-6-10-20(32-3)11-7-17/h4-12H,13-15H2,1-3H3,(H,26,31)/t24-/m0/s1. The number of hydrogen-bond donors (Lipinski definition) is 1. The molecule has 0 radical (unpaired) electrons. The third-order valence-electron chi connectivity index (χ3n) is 5.78. The minimum atomic E-state index is -1.12. The van der Waals surface area contributed by atoms with Crippen molar-refractivity contribution in [1.29, 1.82) is 0 Å². The minimum absolute atomic E-state index is 0.228. The highest BCUT2D eigenvalue weighted by atomic mass is 35.5. The van der Waals surface area contributed by atoms with Crippen LogP contribution in [-0.4, -0.2) is 39.1 Å². The van der Waals surface area contributed by atoms with Crippen LogP contribution in [0.1, 0.15) is 34.2 Å². The monoisotopic (exact) mass is 452 g/mol. The van der Waals surface area contributed by atoms with E-state index in [0.717, 1.165) is 22.6 Å². The third-order valence-corrected chi connectivity index (χ3v) is 6.03. The Balaban J connectivity index is 1.61. The molecule has 2 amide bonds. The molecule has 1 aliphatic rings. The first kappa shape index (κ1) is 21.9. The summed E-state index contributed by atoms with van der Waals surface area (Å²) in [5.74, 6) is 0.281. The number of aromatic nitrogens is 2. The first-order valence-corrected chi connectivity index (χ1v) is 10.7. The molecule has 2 heterocycles. The second kappa shape index (κ2) is 8.67. The predicted molar refractivity (Wildman–Crippen MR) is 122 cm³/mol. The molecule has 0 unspecified atom stereocenters. The van der Waals surface area contributed by atoms with Crippen LogP contribution in [-0.2, 0) is 24.4 Å². The van der Waals surface area contributed by atoms with Gasteiger partial charge in [0, 0.05) is 18.1 Å². The molecule has 0 saturated carbocycles. The maximum atomic E-state index is 13.4. The summed E-state index contributed by atoms with van der Waals surface area (Å²) < 4.78 is 6.81. The lowest BCUT2D eigenvalue weighted by Gasteiger charge is -2.43. The number of nitrogens with zero attached hydrogens (tertiary/aromatic N) is 3. The second-order valence-electron chi connectivity index (χ2n) is 8.15. The zero-order valence-electron chi connectivity index (χ0n) is 18.3. The molecule has 1 aliphatic heterocycles. The highest BCUT2D eigenvalue weighted by molar-refractivity contribution is 6.30. The van der Waals surface area contributed by atoms with Gasteiger partial charge in [-0.1, -0.05) is 35.9 Å². The van der Waals surface area contributed by atoms with Crippen LogP contribution in [0.15, 0.2) is 54.6 Å². The van der Waals surface area contributed by atoms with Crippen molar-refractivity contribution >= 4 is 23.4 Å². The molecule has 32 heavy (non-hydrogen) atoms.